The predicted octanol–water partition coefficient (Wildman–Crippen LogP) is 5.00. The monoisotopic (exact) mass is 561 g/mol. The quantitative estimate of drug-likeness (QED) is 0.398. The van der Waals surface area contributed by atoms with Crippen molar-refractivity contribution in [2.75, 3.05) is 26.2 Å². The molecular formula is C32H39N3O4S. The van der Waals surface area contributed by atoms with E-state index >= 15 is 0 Å². The van der Waals surface area contributed by atoms with Crippen LogP contribution in [0.2, 0.25) is 0 Å². The van der Waals surface area contributed by atoms with E-state index in [0.29, 0.717) is 31.9 Å². The van der Waals surface area contributed by atoms with Crippen molar-refractivity contribution in [2.45, 2.75) is 62.1 Å². The number of sulfonamides is 1. The topological polar surface area (TPSA) is 79.0 Å². The third-order valence-corrected chi connectivity index (χ3v) is 9.88. The average Bonchev–Trinajstić information content (AvgIpc) is 2.99. The summed E-state index contributed by atoms with van der Waals surface area (Å²) < 4.78 is 34.3. The Morgan fingerprint density at radius 1 is 0.800 bits per heavy atom. The molecule has 3 aromatic carbocycles. The van der Waals surface area contributed by atoms with Gasteiger partial charge in [0.25, 0.3) is 5.91 Å². The molecular weight excluding hydrogens is 522 g/mol. The molecule has 1 N–H and O–H groups in total. The van der Waals surface area contributed by atoms with Gasteiger partial charge in [-0.25, -0.2) is 8.42 Å². The summed E-state index contributed by atoms with van der Waals surface area (Å²) in [6.45, 7) is 3.80. The van der Waals surface area contributed by atoms with Crippen molar-refractivity contribution in [2.24, 2.45) is 0 Å². The van der Waals surface area contributed by atoms with E-state index in [-0.39, 0.29) is 22.9 Å². The van der Waals surface area contributed by atoms with Crippen molar-refractivity contribution < 1.29 is 17.9 Å². The van der Waals surface area contributed by atoms with Crippen molar-refractivity contribution in [3.63, 3.8) is 0 Å². The molecule has 1 aliphatic carbocycles. The zero-order valence-electron chi connectivity index (χ0n) is 23.1. The minimum absolute atomic E-state index is 0.0704. The molecule has 2 aliphatic rings. The van der Waals surface area contributed by atoms with Gasteiger partial charge in [0.05, 0.1) is 10.9 Å². The summed E-state index contributed by atoms with van der Waals surface area (Å²) in [5, 5.41) is 3.08. The van der Waals surface area contributed by atoms with E-state index in [2.05, 4.69) is 34.5 Å². The molecule has 7 nitrogen and oxygen atoms in total. The van der Waals surface area contributed by atoms with E-state index in [4.69, 9.17) is 4.74 Å². The SMILES string of the molecule is C[C@H](Oc1ccc(S(=O)(=O)N2CCN(C(c3ccccc3)c3ccccc3)CC2)cc1)C(=O)NC1CCCCC1. The lowest BCUT2D eigenvalue weighted by molar-refractivity contribution is -0.128. The second-order valence-electron chi connectivity index (χ2n) is 10.7. The van der Waals surface area contributed by atoms with Gasteiger partial charge in [0.2, 0.25) is 10.0 Å². The minimum atomic E-state index is -3.65. The highest BCUT2D eigenvalue weighted by molar-refractivity contribution is 7.89. The summed E-state index contributed by atoms with van der Waals surface area (Å²) in [6.07, 6.45) is 4.89. The van der Waals surface area contributed by atoms with Crippen LogP contribution >= 0.6 is 0 Å². The van der Waals surface area contributed by atoms with E-state index in [1.165, 1.54) is 17.5 Å². The number of ether oxygens (including phenoxy) is 1. The van der Waals surface area contributed by atoms with Gasteiger partial charge in [-0.2, -0.15) is 4.31 Å². The summed E-state index contributed by atoms with van der Waals surface area (Å²) >= 11 is 0. The van der Waals surface area contributed by atoms with Gasteiger partial charge in [0.1, 0.15) is 5.75 Å². The van der Waals surface area contributed by atoms with Crippen LogP contribution in [0.3, 0.4) is 0 Å². The summed E-state index contributed by atoms with van der Waals surface area (Å²) in [7, 11) is -3.65. The second-order valence-corrected chi connectivity index (χ2v) is 12.7. The van der Waals surface area contributed by atoms with Crippen LogP contribution in [0.5, 0.6) is 5.75 Å². The van der Waals surface area contributed by atoms with Gasteiger partial charge >= 0.3 is 0 Å². The van der Waals surface area contributed by atoms with Gasteiger partial charge in [-0.15, -0.1) is 0 Å². The Balaban J connectivity index is 1.20. The molecule has 1 amide bonds. The molecule has 40 heavy (non-hydrogen) atoms. The number of rotatable bonds is 9. The average molecular weight is 562 g/mol. The van der Waals surface area contributed by atoms with Crippen molar-refractivity contribution in [1.29, 1.82) is 0 Å². The summed E-state index contributed by atoms with van der Waals surface area (Å²) in [5.41, 5.74) is 2.39. The Morgan fingerprint density at radius 3 is 1.90 bits per heavy atom. The molecule has 5 rings (SSSR count). The van der Waals surface area contributed by atoms with Crippen LogP contribution in [0.25, 0.3) is 0 Å². The van der Waals surface area contributed by atoms with Gasteiger partial charge in [0, 0.05) is 32.2 Å². The first-order valence-corrected chi connectivity index (χ1v) is 15.8. The first kappa shape index (κ1) is 28.3. The molecule has 1 aliphatic heterocycles. The summed E-state index contributed by atoms with van der Waals surface area (Å²) in [4.78, 5) is 15.1. The Bertz CT molecular complexity index is 1300. The largest absolute Gasteiger partial charge is 0.481 e. The van der Waals surface area contributed by atoms with E-state index in [1.54, 1.807) is 35.5 Å². The highest BCUT2D eigenvalue weighted by Crippen LogP contribution is 2.31. The number of hydrogen-bond donors (Lipinski definition) is 1. The minimum Gasteiger partial charge on any atom is -0.481 e. The van der Waals surface area contributed by atoms with E-state index in [1.807, 2.05) is 36.4 Å². The number of piperazine rings is 1. The molecule has 3 aromatic rings. The standard InChI is InChI=1S/C32H39N3O4S/c1-25(32(36)33-28-15-9-4-10-16-28)39-29-17-19-30(20-18-29)40(37,38)35-23-21-34(22-24-35)31(26-11-5-2-6-12-26)27-13-7-3-8-14-27/h2-3,5-8,11-14,17-20,25,28,31H,4,9-10,15-16,21-24H2,1H3,(H,33,36)/t25-/m0/s1. The molecule has 1 saturated heterocycles. The molecule has 1 heterocycles. The second kappa shape index (κ2) is 13.0. The summed E-state index contributed by atoms with van der Waals surface area (Å²) in [5.74, 6) is 0.342. The lowest BCUT2D eigenvalue weighted by atomic mass is 9.95. The number of carbonyl (C=O) groups is 1. The van der Waals surface area contributed by atoms with Crippen LogP contribution in [0.1, 0.15) is 56.2 Å². The first-order valence-electron chi connectivity index (χ1n) is 14.3. The zero-order chi connectivity index (χ0) is 28.0. The third-order valence-electron chi connectivity index (χ3n) is 7.96. The Hall–Kier alpha value is -3.20. The van der Waals surface area contributed by atoms with Crippen molar-refractivity contribution in [3.05, 3.63) is 96.1 Å². The zero-order valence-corrected chi connectivity index (χ0v) is 23.9. The lowest BCUT2D eigenvalue weighted by Gasteiger charge is -2.39. The van der Waals surface area contributed by atoms with Crippen LogP contribution in [-0.4, -0.2) is 61.9 Å². The molecule has 0 aromatic heterocycles. The van der Waals surface area contributed by atoms with Gasteiger partial charge < -0.3 is 10.1 Å². The number of amides is 1. The molecule has 212 valence electrons. The predicted molar refractivity (Wildman–Crippen MR) is 157 cm³/mol. The molecule has 1 atom stereocenters. The van der Waals surface area contributed by atoms with Crippen LogP contribution in [0.15, 0.2) is 89.8 Å². The smallest absolute Gasteiger partial charge is 0.260 e. The molecule has 8 heteroatoms. The Kier molecular flexibility index (Phi) is 9.19. The van der Waals surface area contributed by atoms with Gasteiger partial charge in [-0.05, 0) is 55.2 Å². The van der Waals surface area contributed by atoms with Gasteiger partial charge in [-0.3, -0.25) is 9.69 Å². The maximum absolute atomic E-state index is 13.5. The Labute approximate surface area is 238 Å². The van der Waals surface area contributed by atoms with E-state index in [9.17, 15) is 13.2 Å². The van der Waals surface area contributed by atoms with Crippen molar-refractivity contribution >= 4 is 15.9 Å². The number of nitrogens with one attached hydrogen (secondary N) is 1. The fraction of sp³-hybridized carbons (Fsp3) is 0.406. The highest BCUT2D eigenvalue weighted by atomic mass is 32.2. The number of nitrogens with zero attached hydrogens (tertiary/aromatic N) is 2. The first-order chi connectivity index (χ1) is 19.4. The molecule has 2 fully saturated rings. The maximum atomic E-state index is 13.5. The number of carbonyl (C=O) groups excluding carboxylic acids is 1. The molecule has 0 unspecified atom stereocenters. The van der Waals surface area contributed by atoms with Crippen LogP contribution in [0.4, 0.5) is 0 Å². The Morgan fingerprint density at radius 2 is 1.35 bits per heavy atom. The molecule has 0 radical (unpaired) electrons. The van der Waals surface area contributed by atoms with Crippen molar-refractivity contribution in [3.8, 4) is 5.75 Å². The molecule has 1 saturated carbocycles. The van der Waals surface area contributed by atoms with Gasteiger partial charge in [-0.1, -0.05) is 79.9 Å². The van der Waals surface area contributed by atoms with E-state index in [0.717, 1.165) is 25.7 Å². The normalized spacial score (nSPS) is 18.4. The fourth-order valence-electron chi connectivity index (χ4n) is 5.75. The van der Waals surface area contributed by atoms with Crippen LogP contribution in [-0.2, 0) is 14.8 Å². The van der Waals surface area contributed by atoms with Gasteiger partial charge in [0.15, 0.2) is 6.10 Å². The number of hydrogen-bond acceptors (Lipinski definition) is 5. The third kappa shape index (κ3) is 6.74. The number of benzene rings is 3. The molecule has 0 spiro atoms. The maximum Gasteiger partial charge on any atom is 0.260 e. The lowest BCUT2D eigenvalue weighted by Crippen LogP contribution is -2.49. The fourth-order valence-corrected chi connectivity index (χ4v) is 7.17. The van der Waals surface area contributed by atoms with Crippen LogP contribution < -0.4 is 10.1 Å². The van der Waals surface area contributed by atoms with E-state index < -0.39 is 16.1 Å². The van der Waals surface area contributed by atoms with Crippen molar-refractivity contribution in [1.82, 2.24) is 14.5 Å². The summed E-state index contributed by atoms with van der Waals surface area (Å²) in [6, 6.07) is 27.4. The highest BCUT2D eigenvalue weighted by Gasteiger charge is 2.32. The van der Waals surface area contributed by atoms with Crippen LogP contribution in [0, 0.1) is 0 Å². The molecule has 0 bridgehead atoms.